The molecule has 0 heterocycles. The summed E-state index contributed by atoms with van der Waals surface area (Å²) in [4.78, 5) is 0. The first-order valence-corrected chi connectivity index (χ1v) is 7.24. The van der Waals surface area contributed by atoms with E-state index in [0.29, 0.717) is 12.2 Å². The maximum Gasteiger partial charge on any atom is 0.119 e. The lowest BCUT2D eigenvalue weighted by molar-refractivity contribution is 0.308. The summed E-state index contributed by atoms with van der Waals surface area (Å²) in [5.41, 5.74) is 0.591. The van der Waals surface area contributed by atoms with E-state index in [1.165, 1.54) is 12.8 Å². The van der Waals surface area contributed by atoms with Crippen LogP contribution in [0.4, 0.5) is 0 Å². The Morgan fingerprint density at radius 1 is 1.11 bits per heavy atom. The second-order valence-corrected chi connectivity index (χ2v) is 5.18. The van der Waals surface area contributed by atoms with E-state index >= 15 is 0 Å². The molecule has 100 valence electrons. The van der Waals surface area contributed by atoms with Crippen molar-refractivity contribution in [1.82, 2.24) is 0 Å². The van der Waals surface area contributed by atoms with E-state index in [9.17, 15) is 0 Å². The zero-order valence-corrected chi connectivity index (χ0v) is 11.5. The molecular formula is C17H26O. The van der Waals surface area contributed by atoms with Crippen molar-refractivity contribution < 1.29 is 10.2 Å². The largest absolute Gasteiger partial charge is 0.494 e. The van der Waals surface area contributed by atoms with Crippen LogP contribution in [0.25, 0.3) is 0 Å². The van der Waals surface area contributed by atoms with E-state index in [4.69, 9.17) is 10.2 Å². The third-order valence-electron chi connectivity index (χ3n) is 3.86. The molecule has 1 aromatic carbocycles. The van der Waals surface area contributed by atoms with Gasteiger partial charge in [-0.1, -0.05) is 31.9 Å². The number of hydrogen-bond donors (Lipinski definition) is 0. The number of hydrogen-bond acceptors (Lipinski definition) is 1. The van der Waals surface area contributed by atoms with Crippen LogP contribution in [0.3, 0.4) is 0 Å². The predicted molar refractivity (Wildman–Crippen MR) is 77.2 cm³/mol. The van der Waals surface area contributed by atoms with Gasteiger partial charge in [0, 0.05) is 0 Å². The smallest absolute Gasteiger partial charge is 0.119 e. The molecule has 0 saturated heterocycles. The van der Waals surface area contributed by atoms with E-state index in [0.717, 1.165) is 31.6 Å². The van der Waals surface area contributed by atoms with Crippen molar-refractivity contribution >= 4 is 0 Å². The Balaban J connectivity index is 2.29. The van der Waals surface area contributed by atoms with Crippen molar-refractivity contribution in [1.29, 1.82) is 0 Å². The van der Waals surface area contributed by atoms with Crippen molar-refractivity contribution in [2.24, 2.45) is 5.92 Å². The van der Waals surface area contributed by atoms with Crippen LogP contribution in [0.5, 0.6) is 5.75 Å². The summed E-state index contributed by atoms with van der Waals surface area (Å²) < 4.78 is 38.0. The molecule has 0 amide bonds. The summed E-state index contributed by atoms with van der Waals surface area (Å²) in [6.45, 7) is 4.34. The summed E-state index contributed by atoms with van der Waals surface area (Å²) >= 11 is 0. The van der Waals surface area contributed by atoms with Crippen LogP contribution in [0.15, 0.2) is 24.2 Å². The van der Waals surface area contributed by atoms with Crippen molar-refractivity contribution in [3.8, 4) is 5.75 Å². The topological polar surface area (TPSA) is 9.23 Å². The molecule has 0 atom stereocenters. The molecule has 1 aliphatic rings. The van der Waals surface area contributed by atoms with Crippen LogP contribution < -0.4 is 4.74 Å². The van der Waals surface area contributed by atoms with Crippen molar-refractivity contribution in [2.45, 2.75) is 58.3 Å². The van der Waals surface area contributed by atoms with Crippen LogP contribution in [0, 0.1) is 5.92 Å². The SMILES string of the molecule is [2H]c1c([2H])c(C2CCC(CCC)CC2)c([2H])c([2H])c1OCC. The van der Waals surface area contributed by atoms with Crippen LogP contribution in [-0.4, -0.2) is 6.61 Å². The molecule has 1 heteroatoms. The molecule has 1 nitrogen and oxygen atoms in total. The highest BCUT2D eigenvalue weighted by molar-refractivity contribution is 5.29. The molecule has 1 saturated carbocycles. The molecule has 0 bridgehead atoms. The molecule has 0 aliphatic heterocycles. The van der Waals surface area contributed by atoms with Gasteiger partial charge in [0.2, 0.25) is 0 Å². The summed E-state index contributed by atoms with van der Waals surface area (Å²) in [7, 11) is 0. The molecule has 1 fully saturated rings. The molecule has 0 aromatic heterocycles. The quantitative estimate of drug-likeness (QED) is 0.701. The van der Waals surface area contributed by atoms with Gasteiger partial charge < -0.3 is 4.74 Å². The fourth-order valence-corrected chi connectivity index (χ4v) is 2.88. The average Bonchev–Trinajstić information content (AvgIpc) is 2.52. The minimum Gasteiger partial charge on any atom is -0.494 e. The van der Waals surface area contributed by atoms with Crippen LogP contribution in [-0.2, 0) is 0 Å². The Kier molecular flexibility index (Phi) is 3.41. The van der Waals surface area contributed by atoms with E-state index in [1.54, 1.807) is 6.92 Å². The lowest BCUT2D eigenvalue weighted by atomic mass is 9.77. The summed E-state index contributed by atoms with van der Waals surface area (Å²) in [6, 6.07) is 0.105. The first kappa shape index (κ1) is 9.01. The van der Waals surface area contributed by atoms with Gasteiger partial charge in [0.15, 0.2) is 0 Å². The molecule has 1 aromatic rings. The van der Waals surface area contributed by atoms with Gasteiger partial charge in [-0.15, -0.1) is 0 Å². The Bertz CT molecular complexity index is 493. The number of rotatable bonds is 5. The minimum atomic E-state index is -0.0338. The fourth-order valence-electron chi connectivity index (χ4n) is 2.88. The number of benzene rings is 1. The second kappa shape index (κ2) is 6.82. The Morgan fingerprint density at radius 2 is 1.78 bits per heavy atom. The minimum absolute atomic E-state index is 0.0338. The highest BCUT2D eigenvalue weighted by Gasteiger charge is 2.21. The van der Waals surface area contributed by atoms with Crippen LogP contribution >= 0.6 is 0 Å². The molecule has 0 spiro atoms. The van der Waals surface area contributed by atoms with Gasteiger partial charge in [0.1, 0.15) is 5.75 Å². The summed E-state index contributed by atoms with van der Waals surface area (Å²) in [6.07, 6.45) is 6.66. The van der Waals surface area contributed by atoms with Crippen molar-refractivity contribution in [3.05, 3.63) is 29.7 Å². The number of ether oxygens (including phenoxy) is 1. The standard InChI is InChI=1S/C17H26O/c1-3-5-14-6-8-15(9-7-14)16-10-12-17(13-11-16)18-4-2/h10-15H,3-9H2,1-2H3/i10D,11D,12D,13D. The monoisotopic (exact) mass is 250 g/mol. The molecule has 1 aliphatic carbocycles. The van der Waals surface area contributed by atoms with Crippen LogP contribution in [0.2, 0.25) is 0 Å². The van der Waals surface area contributed by atoms with Crippen molar-refractivity contribution in [2.75, 3.05) is 6.61 Å². The Labute approximate surface area is 117 Å². The van der Waals surface area contributed by atoms with Crippen molar-refractivity contribution in [3.63, 3.8) is 0 Å². The third-order valence-corrected chi connectivity index (χ3v) is 3.86. The Morgan fingerprint density at radius 3 is 2.33 bits per heavy atom. The van der Waals surface area contributed by atoms with Gasteiger partial charge in [0.25, 0.3) is 0 Å². The fraction of sp³-hybridized carbons (Fsp3) is 0.647. The molecule has 18 heavy (non-hydrogen) atoms. The van der Waals surface area contributed by atoms with Gasteiger partial charge in [-0.05, 0) is 62.1 Å². The molecule has 0 unspecified atom stereocenters. The second-order valence-electron chi connectivity index (χ2n) is 5.18. The predicted octanol–water partition coefficient (Wildman–Crippen LogP) is 5.16. The maximum absolute atomic E-state index is 8.25. The Hall–Kier alpha value is -0.980. The van der Waals surface area contributed by atoms with Gasteiger partial charge in [0.05, 0.1) is 12.1 Å². The zero-order chi connectivity index (χ0) is 16.3. The third kappa shape index (κ3) is 3.51. The maximum atomic E-state index is 8.25. The van der Waals surface area contributed by atoms with E-state index < -0.39 is 0 Å². The van der Waals surface area contributed by atoms with Gasteiger partial charge in [-0.25, -0.2) is 0 Å². The molecule has 0 radical (unpaired) electrons. The molecule has 0 N–H and O–H groups in total. The van der Waals surface area contributed by atoms with Gasteiger partial charge in [-0.2, -0.15) is 0 Å². The summed E-state index contributed by atoms with van der Waals surface area (Å²) in [5.74, 6) is 0.996. The summed E-state index contributed by atoms with van der Waals surface area (Å²) in [5, 5.41) is 0. The highest BCUT2D eigenvalue weighted by Crippen LogP contribution is 2.37. The first-order valence-electron chi connectivity index (χ1n) is 9.24. The van der Waals surface area contributed by atoms with E-state index in [2.05, 4.69) is 6.92 Å². The normalized spacial score (nSPS) is 27.0. The van der Waals surface area contributed by atoms with Crippen LogP contribution in [0.1, 0.15) is 69.3 Å². The average molecular weight is 250 g/mol. The lowest BCUT2D eigenvalue weighted by Gasteiger charge is -2.28. The van der Waals surface area contributed by atoms with Gasteiger partial charge in [-0.3, -0.25) is 0 Å². The highest BCUT2D eigenvalue weighted by atomic mass is 16.5. The van der Waals surface area contributed by atoms with E-state index in [1.807, 2.05) is 0 Å². The van der Waals surface area contributed by atoms with E-state index in [-0.39, 0.29) is 35.8 Å². The zero-order valence-electron chi connectivity index (χ0n) is 15.5. The lowest BCUT2D eigenvalue weighted by Crippen LogP contribution is -2.13. The molecular weight excluding hydrogens is 220 g/mol. The molecule has 2 rings (SSSR count). The van der Waals surface area contributed by atoms with Gasteiger partial charge >= 0.3 is 0 Å². The first-order chi connectivity index (χ1) is 10.5.